The van der Waals surface area contributed by atoms with Crippen molar-refractivity contribution in [3.8, 4) is 5.75 Å². The lowest BCUT2D eigenvalue weighted by Crippen LogP contribution is -2.21. The maximum absolute atomic E-state index is 12.4. The molecule has 7 nitrogen and oxygen atoms in total. The van der Waals surface area contributed by atoms with Gasteiger partial charge in [-0.05, 0) is 48.9 Å². The van der Waals surface area contributed by atoms with Crippen molar-refractivity contribution in [2.75, 3.05) is 11.9 Å². The Labute approximate surface area is 157 Å². The minimum Gasteiger partial charge on any atom is -0.434 e. The van der Waals surface area contributed by atoms with Crippen LogP contribution in [0, 0.1) is 0 Å². The molecule has 0 aromatic heterocycles. The third-order valence-electron chi connectivity index (χ3n) is 3.58. The zero-order valence-corrected chi connectivity index (χ0v) is 15.3. The number of ether oxygens (including phenoxy) is 2. The van der Waals surface area contributed by atoms with Gasteiger partial charge >= 0.3 is 6.16 Å². The standard InChI is InChI=1S/C20H22N2O5/c1-3-18(23)21-13-14-6-5-7-16(12-14)22-19(24)15-8-10-17(11-9-15)27-20(25)26-4-2/h5-12H,3-4,13H2,1-2H3,(H,21,23)(H,22,24). The normalized spacial score (nSPS) is 10.0. The lowest BCUT2D eigenvalue weighted by molar-refractivity contribution is -0.120. The van der Waals surface area contributed by atoms with Gasteiger partial charge < -0.3 is 20.1 Å². The van der Waals surface area contributed by atoms with Gasteiger partial charge in [0.1, 0.15) is 5.75 Å². The lowest BCUT2D eigenvalue weighted by Gasteiger charge is -2.09. The Balaban J connectivity index is 1.96. The number of carbonyl (C=O) groups excluding carboxylic acids is 3. The highest BCUT2D eigenvalue weighted by molar-refractivity contribution is 6.04. The molecule has 0 aliphatic rings. The van der Waals surface area contributed by atoms with Gasteiger partial charge in [0.2, 0.25) is 5.91 Å². The van der Waals surface area contributed by atoms with Crippen LogP contribution in [0.1, 0.15) is 36.2 Å². The van der Waals surface area contributed by atoms with E-state index in [1.54, 1.807) is 44.2 Å². The van der Waals surface area contributed by atoms with Crippen LogP contribution in [0.5, 0.6) is 5.75 Å². The molecule has 2 rings (SSSR count). The Morgan fingerprint density at radius 3 is 2.41 bits per heavy atom. The van der Waals surface area contributed by atoms with Crippen LogP contribution in [0.2, 0.25) is 0 Å². The molecule has 2 amide bonds. The van der Waals surface area contributed by atoms with Crippen LogP contribution in [0.15, 0.2) is 48.5 Å². The van der Waals surface area contributed by atoms with E-state index in [-0.39, 0.29) is 18.4 Å². The van der Waals surface area contributed by atoms with E-state index in [1.165, 1.54) is 12.1 Å². The monoisotopic (exact) mass is 370 g/mol. The topological polar surface area (TPSA) is 93.7 Å². The van der Waals surface area contributed by atoms with Gasteiger partial charge in [-0.2, -0.15) is 0 Å². The number of carbonyl (C=O) groups is 3. The van der Waals surface area contributed by atoms with Crippen LogP contribution in [0.25, 0.3) is 0 Å². The van der Waals surface area contributed by atoms with E-state index >= 15 is 0 Å². The highest BCUT2D eigenvalue weighted by Gasteiger charge is 2.09. The van der Waals surface area contributed by atoms with Crippen LogP contribution in [0.4, 0.5) is 10.5 Å². The van der Waals surface area contributed by atoms with Gasteiger partial charge in [0.05, 0.1) is 6.61 Å². The van der Waals surface area contributed by atoms with Crippen molar-refractivity contribution < 1.29 is 23.9 Å². The Morgan fingerprint density at radius 1 is 1.00 bits per heavy atom. The maximum Gasteiger partial charge on any atom is 0.513 e. The average Bonchev–Trinajstić information content (AvgIpc) is 2.67. The molecule has 0 aliphatic carbocycles. The van der Waals surface area contributed by atoms with Gasteiger partial charge in [0.15, 0.2) is 0 Å². The van der Waals surface area contributed by atoms with Crippen molar-refractivity contribution in [2.45, 2.75) is 26.8 Å². The molecular formula is C20H22N2O5. The van der Waals surface area contributed by atoms with Gasteiger partial charge in [-0.3, -0.25) is 9.59 Å². The molecule has 2 N–H and O–H groups in total. The summed E-state index contributed by atoms with van der Waals surface area (Å²) in [5.74, 6) is -0.0411. The number of amides is 2. The van der Waals surface area contributed by atoms with E-state index in [4.69, 9.17) is 4.74 Å². The SMILES string of the molecule is CCOC(=O)Oc1ccc(C(=O)Nc2cccc(CNC(=O)CC)c2)cc1. The fraction of sp³-hybridized carbons (Fsp3) is 0.250. The molecule has 0 bridgehead atoms. The largest absolute Gasteiger partial charge is 0.513 e. The number of hydrogen-bond donors (Lipinski definition) is 2. The van der Waals surface area contributed by atoms with E-state index in [0.29, 0.717) is 30.0 Å². The fourth-order valence-electron chi connectivity index (χ4n) is 2.21. The summed E-state index contributed by atoms with van der Waals surface area (Å²) in [5, 5.41) is 5.58. The summed E-state index contributed by atoms with van der Waals surface area (Å²) in [6.45, 7) is 4.09. The second-order valence-corrected chi connectivity index (χ2v) is 5.59. The molecule has 0 saturated carbocycles. The minimum absolute atomic E-state index is 0.0328. The van der Waals surface area contributed by atoms with Crippen LogP contribution in [-0.4, -0.2) is 24.6 Å². The van der Waals surface area contributed by atoms with E-state index in [2.05, 4.69) is 15.4 Å². The molecule has 142 valence electrons. The fourth-order valence-corrected chi connectivity index (χ4v) is 2.21. The third kappa shape index (κ3) is 6.47. The first-order valence-electron chi connectivity index (χ1n) is 8.63. The quantitative estimate of drug-likeness (QED) is 0.575. The number of hydrogen-bond acceptors (Lipinski definition) is 5. The second kappa shape index (κ2) is 9.96. The predicted octanol–water partition coefficient (Wildman–Crippen LogP) is 3.50. The van der Waals surface area contributed by atoms with Crippen molar-refractivity contribution in [2.24, 2.45) is 0 Å². The summed E-state index contributed by atoms with van der Waals surface area (Å²) < 4.78 is 9.64. The molecular weight excluding hydrogens is 348 g/mol. The van der Waals surface area contributed by atoms with Gasteiger partial charge in [-0.25, -0.2) is 4.79 Å². The molecule has 0 atom stereocenters. The average molecular weight is 370 g/mol. The van der Waals surface area contributed by atoms with Crippen LogP contribution >= 0.6 is 0 Å². The molecule has 27 heavy (non-hydrogen) atoms. The number of nitrogens with one attached hydrogen (secondary N) is 2. The minimum atomic E-state index is -0.790. The van der Waals surface area contributed by atoms with Gasteiger partial charge in [0.25, 0.3) is 5.91 Å². The van der Waals surface area contributed by atoms with E-state index in [9.17, 15) is 14.4 Å². The first kappa shape index (κ1) is 20.0. The summed E-state index contributed by atoms with van der Waals surface area (Å²) in [6.07, 6.45) is -0.367. The molecule has 0 heterocycles. The highest BCUT2D eigenvalue weighted by Crippen LogP contribution is 2.16. The van der Waals surface area contributed by atoms with Crippen molar-refractivity contribution in [1.29, 1.82) is 0 Å². The number of anilines is 1. The highest BCUT2D eigenvalue weighted by atomic mass is 16.7. The molecule has 0 unspecified atom stereocenters. The van der Waals surface area contributed by atoms with E-state index in [0.717, 1.165) is 5.56 Å². The summed E-state index contributed by atoms with van der Waals surface area (Å²) in [6, 6.07) is 13.4. The van der Waals surface area contributed by atoms with Crippen molar-refractivity contribution in [3.05, 3.63) is 59.7 Å². The van der Waals surface area contributed by atoms with Crippen molar-refractivity contribution in [3.63, 3.8) is 0 Å². The molecule has 0 saturated heterocycles. The van der Waals surface area contributed by atoms with E-state index < -0.39 is 6.16 Å². The van der Waals surface area contributed by atoms with Gasteiger partial charge in [0, 0.05) is 24.2 Å². The molecule has 0 fully saturated rings. The van der Waals surface area contributed by atoms with Crippen molar-refractivity contribution in [1.82, 2.24) is 5.32 Å². The Bertz CT molecular complexity index is 802. The summed E-state index contributed by atoms with van der Waals surface area (Å²) in [4.78, 5) is 35.0. The first-order chi connectivity index (χ1) is 13.0. The zero-order valence-electron chi connectivity index (χ0n) is 15.3. The molecule has 0 aliphatic heterocycles. The predicted molar refractivity (Wildman–Crippen MR) is 101 cm³/mol. The second-order valence-electron chi connectivity index (χ2n) is 5.59. The molecule has 0 radical (unpaired) electrons. The summed E-state index contributed by atoms with van der Waals surface area (Å²) in [7, 11) is 0. The molecule has 2 aromatic rings. The Kier molecular flexibility index (Phi) is 7.37. The van der Waals surface area contributed by atoms with Crippen LogP contribution < -0.4 is 15.4 Å². The van der Waals surface area contributed by atoms with Crippen LogP contribution in [0.3, 0.4) is 0 Å². The molecule has 2 aromatic carbocycles. The summed E-state index contributed by atoms with van der Waals surface area (Å²) >= 11 is 0. The Morgan fingerprint density at radius 2 is 1.74 bits per heavy atom. The van der Waals surface area contributed by atoms with Gasteiger partial charge in [-0.15, -0.1) is 0 Å². The maximum atomic E-state index is 12.4. The lowest BCUT2D eigenvalue weighted by atomic mass is 10.1. The number of benzene rings is 2. The summed E-state index contributed by atoms with van der Waals surface area (Å²) in [5.41, 5.74) is 1.92. The Hall–Kier alpha value is -3.35. The van der Waals surface area contributed by atoms with Gasteiger partial charge in [-0.1, -0.05) is 19.1 Å². The van der Waals surface area contributed by atoms with Crippen LogP contribution in [-0.2, 0) is 16.1 Å². The number of rotatable bonds is 7. The first-order valence-corrected chi connectivity index (χ1v) is 8.63. The van der Waals surface area contributed by atoms with E-state index in [1.807, 2.05) is 6.07 Å². The smallest absolute Gasteiger partial charge is 0.434 e. The molecule has 7 heteroatoms. The van der Waals surface area contributed by atoms with Crippen molar-refractivity contribution >= 4 is 23.7 Å². The zero-order chi connectivity index (χ0) is 19.6. The third-order valence-corrected chi connectivity index (χ3v) is 3.58. The molecule has 0 spiro atoms.